The van der Waals surface area contributed by atoms with Crippen LogP contribution in [0.3, 0.4) is 0 Å². The van der Waals surface area contributed by atoms with E-state index in [1.807, 2.05) is 84.9 Å². The van der Waals surface area contributed by atoms with Crippen molar-refractivity contribution in [3.8, 4) is 28.7 Å². The van der Waals surface area contributed by atoms with Gasteiger partial charge in [0.15, 0.2) is 0 Å². The van der Waals surface area contributed by atoms with E-state index in [-0.39, 0.29) is 5.75 Å². The predicted octanol–water partition coefficient (Wildman–Crippen LogP) is 7.09. The molecule has 0 aliphatic heterocycles. The fourth-order valence-electron chi connectivity index (χ4n) is 2.95. The van der Waals surface area contributed by atoms with E-state index in [4.69, 9.17) is 9.47 Å². The van der Waals surface area contributed by atoms with Gasteiger partial charge in [-0.15, -0.1) is 0 Å². The maximum absolute atomic E-state index is 11.0. The topological polar surface area (TPSA) is 78.8 Å². The Morgan fingerprint density at radius 2 is 1.12 bits per heavy atom. The number of ether oxygens (including phenoxy) is 2. The summed E-state index contributed by atoms with van der Waals surface area (Å²) in [6, 6.07) is 31.8. The van der Waals surface area contributed by atoms with Crippen molar-refractivity contribution in [2.24, 2.45) is 0 Å². The summed E-state index contributed by atoms with van der Waals surface area (Å²) in [5.74, 6) is 3.41. The fourth-order valence-corrected chi connectivity index (χ4v) is 3.27. The Bertz CT molecular complexity index is 1150. The maximum Gasteiger partial charge on any atom is 0.127 e. The van der Waals surface area contributed by atoms with Gasteiger partial charge in [0.25, 0.3) is 0 Å². The number of hydrogen-bond acceptors (Lipinski definition) is 5. The van der Waals surface area contributed by atoms with Crippen molar-refractivity contribution < 1.29 is 23.3 Å². The monoisotopic (exact) mass is 475 g/mol. The summed E-state index contributed by atoms with van der Waals surface area (Å²) in [6.07, 6.45) is 0. The van der Waals surface area contributed by atoms with Crippen molar-refractivity contribution in [2.75, 3.05) is 0 Å². The molecule has 5 nitrogen and oxygen atoms in total. The first kappa shape index (κ1) is 25.0. The molecule has 176 valence electrons. The lowest BCUT2D eigenvalue weighted by atomic mass is 10.00. The molecule has 0 saturated heterocycles. The molecule has 4 rings (SSSR count). The highest BCUT2D eigenvalue weighted by atomic mass is 32.2. The van der Waals surface area contributed by atoms with Gasteiger partial charge in [0.05, 0.1) is 4.75 Å². The van der Waals surface area contributed by atoms with E-state index < -0.39 is 15.8 Å². The van der Waals surface area contributed by atoms with Gasteiger partial charge in [-0.2, -0.15) is 0 Å². The molecule has 34 heavy (non-hydrogen) atoms. The molecule has 0 saturated carbocycles. The molecule has 6 heteroatoms. The van der Waals surface area contributed by atoms with E-state index >= 15 is 0 Å². The average molecular weight is 476 g/mol. The number of benzene rings is 4. The minimum atomic E-state index is -2.17. The number of phenolic OH excluding ortho intramolecular Hbond substituents is 1. The molecule has 0 aromatic heterocycles. The third-order valence-corrected chi connectivity index (χ3v) is 6.16. The summed E-state index contributed by atoms with van der Waals surface area (Å²) >= 11 is -2.17. The SMILES string of the molecule is Cc1cc(C(C)(C)S(=O)[O-])ccc1O.c1ccc(Oc2ccc(Oc3ccccc3)cc2)cc1. The van der Waals surface area contributed by atoms with Crippen molar-refractivity contribution in [1.29, 1.82) is 0 Å². The first-order valence-corrected chi connectivity index (χ1v) is 11.8. The number of hydrogen-bond donors (Lipinski definition) is 1. The van der Waals surface area contributed by atoms with Gasteiger partial charge in [0, 0.05) is 0 Å². The third kappa shape index (κ3) is 6.94. The molecule has 1 unspecified atom stereocenters. The Morgan fingerprint density at radius 1 is 0.706 bits per heavy atom. The van der Waals surface area contributed by atoms with Crippen LogP contribution in [0, 0.1) is 6.92 Å². The van der Waals surface area contributed by atoms with Crippen LogP contribution in [0.2, 0.25) is 0 Å². The van der Waals surface area contributed by atoms with Crippen LogP contribution in [0.25, 0.3) is 0 Å². The second-order valence-electron chi connectivity index (χ2n) is 8.05. The number of phenols is 1. The van der Waals surface area contributed by atoms with Gasteiger partial charge in [-0.1, -0.05) is 48.5 Å². The van der Waals surface area contributed by atoms with Gasteiger partial charge >= 0.3 is 0 Å². The normalized spacial score (nSPS) is 11.6. The highest BCUT2D eigenvalue weighted by molar-refractivity contribution is 7.80. The van der Waals surface area contributed by atoms with Crippen molar-refractivity contribution in [2.45, 2.75) is 25.5 Å². The van der Waals surface area contributed by atoms with Crippen molar-refractivity contribution >= 4 is 11.1 Å². The smallest absolute Gasteiger partial charge is 0.127 e. The van der Waals surface area contributed by atoms with Crippen LogP contribution in [0.5, 0.6) is 28.7 Å². The Hall–Kier alpha value is -3.61. The van der Waals surface area contributed by atoms with Gasteiger partial charge in [-0.25, -0.2) is 0 Å². The van der Waals surface area contributed by atoms with E-state index in [0.29, 0.717) is 11.1 Å². The van der Waals surface area contributed by atoms with E-state index in [0.717, 1.165) is 23.0 Å². The molecule has 0 aliphatic rings. The van der Waals surface area contributed by atoms with Crippen molar-refractivity contribution in [1.82, 2.24) is 0 Å². The number of para-hydroxylation sites is 2. The van der Waals surface area contributed by atoms with Gasteiger partial charge in [-0.3, -0.25) is 4.21 Å². The molecule has 4 aromatic carbocycles. The molecule has 0 aliphatic carbocycles. The van der Waals surface area contributed by atoms with Crippen LogP contribution in [0.1, 0.15) is 25.0 Å². The second-order valence-corrected chi connectivity index (χ2v) is 9.54. The van der Waals surface area contributed by atoms with Crippen LogP contribution < -0.4 is 9.47 Å². The van der Waals surface area contributed by atoms with Gasteiger partial charge in [-0.05, 0) is 97.6 Å². The third-order valence-electron chi connectivity index (χ3n) is 5.09. The van der Waals surface area contributed by atoms with Gasteiger partial charge in [0.1, 0.15) is 28.7 Å². The molecule has 4 aromatic rings. The highest BCUT2D eigenvalue weighted by Gasteiger charge is 2.22. The largest absolute Gasteiger partial charge is 0.772 e. The first-order valence-electron chi connectivity index (χ1n) is 10.7. The standard InChI is InChI=1S/C18H14O2.C10H14O3S/c1-3-7-15(8-4-1)19-17-11-13-18(14-12-17)20-16-9-5-2-6-10-16;1-7-6-8(4-5-9(7)11)10(2,3)14(12)13/h1-14H;4-6,11H,1-3H3,(H,12,13)/p-1. The molecule has 0 radical (unpaired) electrons. The summed E-state index contributed by atoms with van der Waals surface area (Å²) in [7, 11) is 0. The van der Waals surface area contributed by atoms with Crippen molar-refractivity contribution in [3.63, 3.8) is 0 Å². The van der Waals surface area contributed by atoms with Gasteiger partial charge in [0.2, 0.25) is 0 Å². The molecule has 0 fully saturated rings. The van der Waals surface area contributed by atoms with Crippen molar-refractivity contribution in [3.05, 3.63) is 114 Å². The van der Waals surface area contributed by atoms with E-state index in [1.165, 1.54) is 6.07 Å². The molecular formula is C28H27O5S-. The number of aromatic hydroxyl groups is 1. The molecular weight excluding hydrogens is 448 g/mol. The average Bonchev–Trinajstić information content (AvgIpc) is 2.84. The summed E-state index contributed by atoms with van der Waals surface area (Å²) in [6.45, 7) is 4.99. The lowest BCUT2D eigenvalue weighted by molar-refractivity contribution is 0.469. The zero-order valence-electron chi connectivity index (χ0n) is 19.3. The fraction of sp³-hybridized carbons (Fsp3) is 0.143. The minimum absolute atomic E-state index is 0.182. The lowest BCUT2D eigenvalue weighted by Crippen LogP contribution is -2.23. The Kier molecular flexibility index (Phi) is 8.46. The lowest BCUT2D eigenvalue weighted by Gasteiger charge is -2.28. The molecule has 1 atom stereocenters. The van der Waals surface area contributed by atoms with Crippen LogP contribution in [0.15, 0.2) is 103 Å². The minimum Gasteiger partial charge on any atom is -0.772 e. The van der Waals surface area contributed by atoms with E-state index in [1.54, 1.807) is 32.9 Å². The Morgan fingerprint density at radius 3 is 1.50 bits per heavy atom. The molecule has 0 heterocycles. The summed E-state index contributed by atoms with van der Waals surface area (Å²) in [4.78, 5) is 0. The van der Waals surface area contributed by atoms with Gasteiger partial charge < -0.3 is 19.1 Å². The molecule has 1 N–H and O–H groups in total. The number of rotatable bonds is 6. The summed E-state index contributed by atoms with van der Waals surface area (Å²) in [5, 5.41) is 9.29. The second kappa shape index (κ2) is 11.5. The van der Waals surface area contributed by atoms with Crippen LogP contribution in [-0.4, -0.2) is 13.9 Å². The van der Waals surface area contributed by atoms with E-state index in [2.05, 4.69) is 0 Å². The molecule has 0 amide bonds. The number of aryl methyl sites for hydroxylation is 1. The molecule has 0 bridgehead atoms. The Balaban J connectivity index is 0.000000204. The quantitative estimate of drug-likeness (QED) is 0.301. The zero-order chi connectivity index (χ0) is 24.6. The maximum atomic E-state index is 11.0. The van der Waals surface area contributed by atoms with Crippen LogP contribution in [0.4, 0.5) is 0 Å². The zero-order valence-corrected chi connectivity index (χ0v) is 20.1. The molecule has 0 spiro atoms. The van der Waals surface area contributed by atoms with Crippen LogP contribution in [-0.2, 0) is 15.8 Å². The predicted molar refractivity (Wildman–Crippen MR) is 134 cm³/mol. The first-order chi connectivity index (χ1) is 16.3. The Labute approximate surface area is 202 Å². The summed E-state index contributed by atoms with van der Waals surface area (Å²) < 4.78 is 32.4. The van der Waals surface area contributed by atoms with E-state index in [9.17, 15) is 13.9 Å². The summed E-state index contributed by atoms with van der Waals surface area (Å²) in [5.41, 5.74) is 1.36. The van der Waals surface area contributed by atoms with Crippen LogP contribution >= 0.6 is 0 Å². The highest BCUT2D eigenvalue weighted by Crippen LogP contribution is 2.29.